The first kappa shape index (κ1) is 20.2. The van der Waals surface area contributed by atoms with Gasteiger partial charge in [0.2, 0.25) is 0 Å². The number of hydrogen-bond donors (Lipinski definition) is 0. The van der Waals surface area contributed by atoms with Crippen LogP contribution >= 0.6 is 0 Å². The maximum absolute atomic E-state index is 11.3. The van der Waals surface area contributed by atoms with Gasteiger partial charge in [-0.2, -0.15) is 0 Å². The SMILES string of the molecule is C=C(C)C(=O)OCCCCc1ccccc1OC(OCC)OCC. The third-order valence-electron chi connectivity index (χ3n) is 3.22. The highest BCUT2D eigenvalue weighted by Crippen LogP contribution is 2.22. The molecule has 1 aromatic rings. The maximum atomic E-state index is 11.3. The van der Waals surface area contributed by atoms with Crippen LogP contribution in [0, 0.1) is 0 Å². The molecule has 5 nitrogen and oxygen atoms in total. The molecule has 0 fully saturated rings. The van der Waals surface area contributed by atoms with Crippen LogP contribution < -0.4 is 4.74 Å². The molecule has 0 atom stereocenters. The quantitative estimate of drug-likeness (QED) is 0.251. The van der Waals surface area contributed by atoms with Crippen LogP contribution in [0.5, 0.6) is 5.75 Å². The first-order chi connectivity index (χ1) is 11.6. The highest BCUT2D eigenvalue weighted by Gasteiger charge is 2.12. The van der Waals surface area contributed by atoms with Gasteiger partial charge in [-0.3, -0.25) is 0 Å². The standard InChI is InChI=1S/C19H28O5/c1-5-21-19(22-6-2)24-17-13-8-7-11-16(17)12-9-10-14-23-18(20)15(3)4/h7-8,11,13,19H,3,5-6,9-10,12,14H2,1-2,4H3. The molecule has 0 amide bonds. The Bertz CT molecular complexity index is 506. The van der Waals surface area contributed by atoms with E-state index in [1.807, 2.05) is 38.1 Å². The van der Waals surface area contributed by atoms with E-state index < -0.39 is 6.48 Å². The predicted molar refractivity (Wildman–Crippen MR) is 92.8 cm³/mol. The smallest absolute Gasteiger partial charge is 0.333 e. The third kappa shape index (κ3) is 7.62. The lowest BCUT2D eigenvalue weighted by Crippen LogP contribution is -2.24. The topological polar surface area (TPSA) is 54.0 Å². The van der Waals surface area contributed by atoms with Crippen LogP contribution in [0.2, 0.25) is 0 Å². The lowest BCUT2D eigenvalue weighted by molar-refractivity contribution is -0.242. The molecule has 1 aromatic carbocycles. The summed E-state index contributed by atoms with van der Waals surface area (Å²) >= 11 is 0. The monoisotopic (exact) mass is 336 g/mol. The summed E-state index contributed by atoms with van der Waals surface area (Å²) in [5, 5.41) is 0. The van der Waals surface area contributed by atoms with Gasteiger partial charge >= 0.3 is 12.4 Å². The lowest BCUT2D eigenvalue weighted by Gasteiger charge is -2.20. The molecule has 1 rings (SSSR count). The van der Waals surface area contributed by atoms with Crippen molar-refractivity contribution < 1.29 is 23.7 Å². The van der Waals surface area contributed by atoms with Crippen molar-refractivity contribution in [2.75, 3.05) is 19.8 Å². The highest BCUT2D eigenvalue weighted by atomic mass is 16.8. The van der Waals surface area contributed by atoms with Crippen LogP contribution in [0.15, 0.2) is 36.4 Å². The number of rotatable bonds is 12. The van der Waals surface area contributed by atoms with Crippen LogP contribution in [-0.2, 0) is 25.4 Å². The average Bonchev–Trinajstić information content (AvgIpc) is 2.56. The summed E-state index contributed by atoms with van der Waals surface area (Å²) in [5.74, 6) is 0.415. The molecule has 0 saturated heterocycles. The first-order valence-electron chi connectivity index (χ1n) is 8.38. The van der Waals surface area contributed by atoms with E-state index >= 15 is 0 Å². The Labute approximate surface area is 144 Å². The van der Waals surface area contributed by atoms with Crippen LogP contribution in [0.3, 0.4) is 0 Å². The molecule has 0 heterocycles. The molecule has 0 spiro atoms. The van der Waals surface area contributed by atoms with Gasteiger partial charge in [0.05, 0.1) is 19.8 Å². The van der Waals surface area contributed by atoms with Gasteiger partial charge in [0.25, 0.3) is 0 Å². The summed E-state index contributed by atoms with van der Waals surface area (Å²) < 4.78 is 21.7. The fourth-order valence-electron chi connectivity index (χ4n) is 2.02. The largest absolute Gasteiger partial charge is 0.462 e. The molecular formula is C19H28O5. The van der Waals surface area contributed by atoms with Crippen molar-refractivity contribution in [1.82, 2.24) is 0 Å². The zero-order valence-electron chi connectivity index (χ0n) is 14.9. The Morgan fingerprint density at radius 1 is 1.12 bits per heavy atom. The zero-order valence-corrected chi connectivity index (χ0v) is 14.9. The van der Waals surface area contributed by atoms with Crippen molar-refractivity contribution >= 4 is 5.97 Å². The highest BCUT2D eigenvalue weighted by molar-refractivity contribution is 5.86. The van der Waals surface area contributed by atoms with Gasteiger partial charge in [0, 0.05) is 5.57 Å². The second-order valence-corrected chi connectivity index (χ2v) is 5.30. The Balaban J connectivity index is 2.48. The van der Waals surface area contributed by atoms with E-state index in [0.717, 1.165) is 30.6 Å². The van der Waals surface area contributed by atoms with Crippen molar-refractivity contribution in [2.24, 2.45) is 0 Å². The molecule has 0 bridgehead atoms. The van der Waals surface area contributed by atoms with Crippen molar-refractivity contribution in [3.63, 3.8) is 0 Å². The van der Waals surface area contributed by atoms with Crippen molar-refractivity contribution in [1.29, 1.82) is 0 Å². The summed E-state index contributed by atoms with van der Waals surface area (Å²) in [6, 6.07) is 7.81. The van der Waals surface area contributed by atoms with Crippen molar-refractivity contribution in [3.8, 4) is 5.75 Å². The van der Waals surface area contributed by atoms with Crippen molar-refractivity contribution in [3.05, 3.63) is 42.0 Å². The number of carbonyl (C=O) groups excluding carboxylic acids is 1. The van der Waals surface area contributed by atoms with Gasteiger partial charge in [0.15, 0.2) is 0 Å². The minimum Gasteiger partial charge on any atom is -0.462 e. The molecule has 0 N–H and O–H groups in total. The summed E-state index contributed by atoms with van der Waals surface area (Å²) in [6.07, 6.45) is 2.50. The molecule has 0 aliphatic heterocycles. The number of unbranched alkanes of at least 4 members (excludes halogenated alkanes) is 1. The second-order valence-electron chi connectivity index (χ2n) is 5.30. The number of esters is 1. The third-order valence-corrected chi connectivity index (χ3v) is 3.22. The molecule has 24 heavy (non-hydrogen) atoms. The van der Waals surface area contributed by atoms with E-state index in [4.69, 9.17) is 18.9 Å². The molecule has 0 saturated carbocycles. The summed E-state index contributed by atoms with van der Waals surface area (Å²) in [4.78, 5) is 11.3. The zero-order chi connectivity index (χ0) is 17.8. The number of ether oxygens (including phenoxy) is 4. The van der Waals surface area contributed by atoms with Gasteiger partial charge in [-0.25, -0.2) is 4.79 Å². The van der Waals surface area contributed by atoms with Crippen molar-refractivity contribution in [2.45, 2.75) is 46.5 Å². The van der Waals surface area contributed by atoms with Gasteiger partial charge in [0.1, 0.15) is 5.75 Å². The van der Waals surface area contributed by atoms with Crippen LogP contribution in [-0.4, -0.2) is 32.3 Å². The summed E-state index contributed by atoms with van der Waals surface area (Å²) in [7, 11) is 0. The fraction of sp³-hybridized carbons (Fsp3) is 0.526. The van der Waals surface area contributed by atoms with E-state index in [1.165, 1.54) is 0 Å². The molecular weight excluding hydrogens is 308 g/mol. The minimum absolute atomic E-state index is 0.338. The maximum Gasteiger partial charge on any atom is 0.333 e. The molecule has 0 aliphatic rings. The molecule has 134 valence electrons. The fourth-order valence-corrected chi connectivity index (χ4v) is 2.02. The van der Waals surface area contributed by atoms with Gasteiger partial charge in [-0.05, 0) is 51.7 Å². The van der Waals surface area contributed by atoms with Gasteiger partial charge in [-0.15, -0.1) is 0 Å². The van der Waals surface area contributed by atoms with E-state index in [-0.39, 0.29) is 5.97 Å². The molecule has 0 radical (unpaired) electrons. The molecule has 0 aromatic heterocycles. The Morgan fingerprint density at radius 3 is 2.42 bits per heavy atom. The normalized spacial score (nSPS) is 10.7. The molecule has 0 unspecified atom stereocenters. The average molecular weight is 336 g/mol. The number of carbonyl (C=O) groups is 1. The minimum atomic E-state index is -0.697. The predicted octanol–water partition coefficient (Wildman–Crippen LogP) is 3.86. The lowest BCUT2D eigenvalue weighted by atomic mass is 10.1. The Morgan fingerprint density at radius 2 is 1.79 bits per heavy atom. The number of hydrogen-bond acceptors (Lipinski definition) is 5. The summed E-state index contributed by atoms with van der Waals surface area (Å²) in [5.41, 5.74) is 1.50. The second kappa shape index (κ2) is 11.6. The number of para-hydroxylation sites is 1. The number of benzene rings is 1. The number of aryl methyl sites for hydroxylation is 1. The van der Waals surface area contributed by atoms with E-state index in [2.05, 4.69) is 6.58 Å². The molecule has 5 heteroatoms. The Kier molecular flexibility index (Phi) is 9.80. The van der Waals surface area contributed by atoms with Crippen LogP contribution in [0.4, 0.5) is 0 Å². The molecule has 0 aliphatic carbocycles. The van der Waals surface area contributed by atoms with E-state index in [1.54, 1.807) is 6.92 Å². The summed E-state index contributed by atoms with van der Waals surface area (Å²) in [6.45, 7) is 9.72. The Hall–Kier alpha value is -1.85. The first-order valence-corrected chi connectivity index (χ1v) is 8.38. The van der Waals surface area contributed by atoms with Crippen LogP contribution in [0.1, 0.15) is 39.2 Å². The van der Waals surface area contributed by atoms with E-state index in [9.17, 15) is 4.79 Å². The van der Waals surface area contributed by atoms with Gasteiger partial charge in [-0.1, -0.05) is 24.8 Å². The van der Waals surface area contributed by atoms with E-state index in [0.29, 0.717) is 25.4 Å². The van der Waals surface area contributed by atoms with Gasteiger partial charge < -0.3 is 18.9 Å². The van der Waals surface area contributed by atoms with Crippen LogP contribution in [0.25, 0.3) is 0 Å².